The predicted octanol–water partition coefficient (Wildman–Crippen LogP) is 1.10. The Morgan fingerprint density at radius 2 is 1.84 bits per heavy atom. The normalized spacial score (nSPS) is 12.4. The van der Waals surface area contributed by atoms with Gasteiger partial charge in [0.25, 0.3) is 5.56 Å². The average Bonchev–Trinajstić information content (AvgIpc) is 3.13. The van der Waals surface area contributed by atoms with Gasteiger partial charge >= 0.3 is 5.69 Å². The van der Waals surface area contributed by atoms with E-state index in [1.54, 1.807) is 23.7 Å². The Balaban J connectivity index is 1.85. The molecule has 1 aromatic carbocycles. The Kier molecular flexibility index (Phi) is 7.70. The first kappa shape index (κ1) is 23.6. The molecule has 2 N–H and O–H groups in total. The molecule has 2 aromatic heterocycles. The molecule has 174 valence electrons. The standard InChI is InChI=1S/C22H31N5O5/c1-15(2)31-12-8-11-23-21-24-19-18(20(29)26(4)22(30)25(19)3)27(21)13-16(28)14-32-17-9-6-5-7-10-17/h5-7,9-10,15-16,28H,8,11-14H2,1-4H3,(H,23,24)/t16-/m0/s1. The maximum Gasteiger partial charge on any atom is 0.332 e. The van der Waals surface area contributed by atoms with Gasteiger partial charge in [0.1, 0.15) is 18.5 Å². The minimum atomic E-state index is -0.903. The zero-order valence-corrected chi connectivity index (χ0v) is 18.9. The van der Waals surface area contributed by atoms with Crippen molar-refractivity contribution in [1.29, 1.82) is 0 Å². The Hall–Kier alpha value is -3.11. The fourth-order valence-electron chi connectivity index (χ4n) is 3.32. The van der Waals surface area contributed by atoms with Crippen LogP contribution in [0.1, 0.15) is 20.3 Å². The summed E-state index contributed by atoms with van der Waals surface area (Å²) in [7, 11) is 2.99. The molecule has 10 heteroatoms. The van der Waals surface area contributed by atoms with Crippen LogP contribution in [0.2, 0.25) is 0 Å². The van der Waals surface area contributed by atoms with Crippen LogP contribution < -0.4 is 21.3 Å². The van der Waals surface area contributed by atoms with Crippen molar-refractivity contribution in [2.45, 2.75) is 39.0 Å². The first-order valence-electron chi connectivity index (χ1n) is 10.7. The van der Waals surface area contributed by atoms with Gasteiger partial charge in [0.15, 0.2) is 11.2 Å². The fraction of sp³-hybridized carbons (Fsp3) is 0.500. The van der Waals surface area contributed by atoms with Crippen LogP contribution in [-0.4, -0.2) is 55.8 Å². The number of imidazole rings is 1. The minimum Gasteiger partial charge on any atom is -0.491 e. The van der Waals surface area contributed by atoms with E-state index in [2.05, 4.69) is 10.3 Å². The first-order chi connectivity index (χ1) is 15.3. The van der Waals surface area contributed by atoms with E-state index in [4.69, 9.17) is 9.47 Å². The Labute approximate surface area is 186 Å². The topological polar surface area (TPSA) is 113 Å². The summed E-state index contributed by atoms with van der Waals surface area (Å²) in [6.07, 6.45) is -0.0193. The van der Waals surface area contributed by atoms with Crippen LogP contribution in [0.5, 0.6) is 5.75 Å². The molecule has 0 unspecified atom stereocenters. The third-order valence-electron chi connectivity index (χ3n) is 4.98. The summed E-state index contributed by atoms with van der Waals surface area (Å²) in [5.74, 6) is 1.05. The molecule has 0 aliphatic carbocycles. The lowest BCUT2D eigenvalue weighted by Crippen LogP contribution is -2.38. The number of rotatable bonds is 11. The van der Waals surface area contributed by atoms with Crippen LogP contribution in [0, 0.1) is 0 Å². The molecule has 0 saturated carbocycles. The molecule has 0 fully saturated rings. The number of anilines is 1. The summed E-state index contributed by atoms with van der Waals surface area (Å²) < 4.78 is 15.2. The van der Waals surface area contributed by atoms with Crippen LogP contribution in [0.4, 0.5) is 5.95 Å². The fourth-order valence-corrected chi connectivity index (χ4v) is 3.32. The van der Waals surface area contributed by atoms with Crippen molar-refractivity contribution in [3.05, 3.63) is 51.2 Å². The zero-order valence-electron chi connectivity index (χ0n) is 18.9. The highest BCUT2D eigenvalue weighted by molar-refractivity contribution is 5.74. The quantitative estimate of drug-likeness (QED) is 0.425. The molecular weight excluding hydrogens is 414 g/mol. The van der Waals surface area contributed by atoms with Gasteiger partial charge in [0, 0.05) is 27.2 Å². The van der Waals surface area contributed by atoms with Gasteiger partial charge in [-0.1, -0.05) is 18.2 Å². The van der Waals surface area contributed by atoms with Gasteiger partial charge in [-0.3, -0.25) is 13.9 Å². The van der Waals surface area contributed by atoms with E-state index in [0.29, 0.717) is 24.8 Å². The van der Waals surface area contributed by atoms with Gasteiger partial charge in [-0.15, -0.1) is 0 Å². The number of nitrogens with one attached hydrogen (secondary N) is 1. The maximum atomic E-state index is 12.9. The summed E-state index contributed by atoms with van der Waals surface area (Å²) in [4.78, 5) is 29.7. The van der Waals surface area contributed by atoms with Gasteiger partial charge in [0.05, 0.1) is 12.6 Å². The van der Waals surface area contributed by atoms with Crippen molar-refractivity contribution >= 4 is 17.1 Å². The first-order valence-corrected chi connectivity index (χ1v) is 10.7. The number of hydrogen-bond acceptors (Lipinski definition) is 7. The molecule has 0 radical (unpaired) electrons. The highest BCUT2D eigenvalue weighted by atomic mass is 16.5. The second-order valence-electron chi connectivity index (χ2n) is 7.90. The Bertz CT molecular complexity index is 1150. The molecule has 0 aliphatic heterocycles. The lowest BCUT2D eigenvalue weighted by molar-refractivity contribution is 0.0786. The van der Waals surface area contributed by atoms with Gasteiger partial charge < -0.3 is 24.5 Å². The van der Waals surface area contributed by atoms with E-state index in [1.165, 1.54) is 11.6 Å². The zero-order chi connectivity index (χ0) is 23.3. The van der Waals surface area contributed by atoms with Crippen LogP contribution in [-0.2, 0) is 25.4 Å². The number of para-hydroxylation sites is 1. The van der Waals surface area contributed by atoms with E-state index in [1.807, 2.05) is 32.0 Å². The number of aliphatic hydroxyl groups is 1. The van der Waals surface area contributed by atoms with Gasteiger partial charge in [-0.25, -0.2) is 4.79 Å². The lowest BCUT2D eigenvalue weighted by atomic mass is 10.3. The van der Waals surface area contributed by atoms with Crippen molar-refractivity contribution in [2.75, 3.05) is 25.1 Å². The molecule has 0 saturated heterocycles. The summed E-state index contributed by atoms with van der Waals surface area (Å²) >= 11 is 0. The highest BCUT2D eigenvalue weighted by Crippen LogP contribution is 2.17. The molecule has 3 rings (SSSR count). The molecule has 0 aliphatic rings. The molecule has 32 heavy (non-hydrogen) atoms. The van der Waals surface area contributed by atoms with Gasteiger partial charge in [0.2, 0.25) is 5.95 Å². The van der Waals surface area contributed by atoms with Crippen molar-refractivity contribution in [1.82, 2.24) is 18.7 Å². The van der Waals surface area contributed by atoms with Gasteiger partial charge in [-0.2, -0.15) is 4.98 Å². The number of nitrogens with zero attached hydrogens (tertiary/aromatic N) is 4. The molecular formula is C22H31N5O5. The summed E-state index contributed by atoms with van der Waals surface area (Å²) in [5.41, 5.74) is -0.426. The molecule has 0 bridgehead atoms. The second kappa shape index (κ2) is 10.5. The number of fused-ring (bicyclic) bond motifs is 1. The van der Waals surface area contributed by atoms with Gasteiger partial charge in [-0.05, 0) is 32.4 Å². The lowest BCUT2D eigenvalue weighted by Gasteiger charge is -2.16. The predicted molar refractivity (Wildman–Crippen MR) is 122 cm³/mol. The Morgan fingerprint density at radius 1 is 1.12 bits per heavy atom. The molecule has 1 atom stereocenters. The second-order valence-corrected chi connectivity index (χ2v) is 7.90. The number of benzene rings is 1. The third kappa shape index (κ3) is 5.38. The number of hydrogen-bond donors (Lipinski definition) is 2. The van der Waals surface area contributed by atoms with Crippen molar-refractivity contribution in [3.8, 4) is 5.75 Å². The summed E-state index contributed by atoms with van der Waals surface area (Å²) in [6.45, 7) is 5.20. The van der Waals surface area contributed by atoms with E-state index in [9.17, 15) is 14.7 Å². The monoisotopic (exact) mass is 445 g/mol. The molecule has 0 spiro atoms. The highest BCUT2D eigenvalue weighted by Gasteiger charge is 2.21. The average molecular weight is 446 g/mol. The number of aryl methyl sites for hydroxylation is 1. The van der Waals surface area contributed by atoms with Crippen molar-refractivity contribution in [3.63, 3.8) is 0 Å². The van der Waals surface area contributed by atoms with Crippen LogP contribution in [0.3, 0.4) is 0 Å². The van der Waals surface area contributed by atoms with Crippen molar-refractivity contribution < 1.29 is 14.6 Å². The smallest absolute Gasteiger partial charge is 0.332 e. The molecule has 10 nitrogen and oxygen atoms in total. The third-order valence-corrected chi connectivity index (χ3v) is 4.98. The van der Waals surface area contributed by atoms with E-state index < -0.39 is 17.4 Å². The SMILES string of the molecule is CC(C)OCCCNc1nc2c(c(=O)n(C)c(=O)n2C)n1C[C@H](O)COc1ccccc1. The van der Waals surface area contributed by atoms with Crippen LogP contribution in [0.15, 0.2) is 39.9 Å². The van der Waals surface area contributed by atoms with E-state index >= 15 is 0 Å². The minimum absolute atomic E-state index is 0.0391. The Morgan fingerprint density at radius 3 is 2.53 bits per heavy atom. The summed E-state index contributed by atoms with van der Waals surface area (Å²) in [6, 6.07) is 9.18. The molecule has 3 aromatic rings. The molecule has 0 amide bonds. The van der Waals surface area contributed by atoms with Crippen LogP contribution in [0.25, 0.3) is 11.2 Å². The number of aliphatic hydroxyl groups excluding tert-OH is 1. The van der Waals surface area contributed by atoms with Crippen molar-refractivity contribution in [2.24, 2.45) is 14.1 Å². The number of aromatic nitrogens is 4. The largest absolute Gasteiger partial charge is 0.491 e. The van der Waals surface area contributed by atoms with E-state index in [0.717, 1.165) is 11.0 Å². The number of ether oxygens (including phenoxy) is 2. The maximum absolute atomic E-state index is 12.9. The van der Waals surface area contributed by atoms with Crippen LogP contribution >= 0.6 is 0 Å². The summed E-state index contributed by atoms with van der Waals surface area (Å²) in [5, 5.41) is 13.8. The molecule has 2 heterocycles. The van der Waals surface area contributed by atoms with E-state index in [-0.39, 0.29) is 30.4 Å².